The smallest absolute Gasteiger partial charge is 0.334 e. The van der Waals surface area contributed by atoms with Crippen molar-refractivity contribution in [1.29, 1.82) is 0 Å². The summed E-state index contributed by atoms with van der Waals surface area (Å²) in [4.78, 5) is 20.2. The lowest BCUT2D eigenvalue weighted by Gasteiger charge is -2.23. The first-order valence-electron chi connectivity index (χ1n) is 10.5. The Bertz CT molecular complexity index is 1220. The van der Waals surface area contributed by atoms with Crippen molar-refractivity contribution in [1.82, 2.24) is 9.55 Å². The maximum absolute atomic E-state index is 13.6. The first-order valence-corrected chi connectivity index (χ1v) is 12.4. The zero-order chi connectivity index (χ0) is 24.7. The molecule has 0 aliphatic heterocycles. The summed E-state index contributed by atoms with van der Waals surface area (Å²) in [6.07, 6.45) is 7.98. The van der Waals surface area contributed by atoms with E-state index in [0.717, 1.165) is 23.0 Å². The fourth-order valence-electron chi connectivity index (χ4n) is 3.65. The molecule has 8 nitrogen and oxygen atoms in total. The van der Waals surface area contributed by atoms with Gasteiger partial charge in [-0.15, -0.1) is 0 Å². The van der Waals surface area contributed by atoms with Crippen molar-refractivity contribution >= 4 is 21.4 Å². The second kappa shape index (κ2) is 11.2. The van der Waals surface area contributed by atoms with E-state index in [4.69, 9.17) is 5.90 Å². The number of carboxylic acid groups (broad SMARTS) is 1. The van der Waals surface area contributed by atoms with Crippen LogP contribution in [0.2, 0.25) is 0 Å². The standard InChI is InChI=1S/C24H26FN3O5S/c1-34(31,32)20-11-5-17(6-12-20)15-22(28-14-13-27-16-28)21(18-7-9-19(25)10-8-18)3-2-4-23(33-26)24(29)30/h3,5-14,16,22-23H,2,4,15,26H2,1H3,(H,29,30)/b21-3-. The Hall–Kier alpha value is -3.34. The van der Waals surface area contributed by atoms with Gasteiger partial charge in [0, 0.05) is 18.6 Å². The van der Waals surface area contributed by atoms with Gasteiger partial charge in [0.15, 0.2) is 15.9 Å². The second-order valence-corrected chi connectivity index (χ2v) is 9.87. The summed E-state index contributed by atoms with van der Waals surface area (Å²) in [7, 11) is -3.32. The molecule has 2 atom stereocenters. The minimum atomic E-state index is -3.32. The number of nitrogens with zero attached hydrogens (tertiary/aromatic N) is 2. The maximum atomic E-state index is 13.6. The fraction of sp³-hybridized carbons (Fsp3) is 0.250. The van der Waals surface area contributed by atoms with E-state index in [1.165, 1.54) is 12.1 Å². The van der Waals surface area contributed by atoms with Gasteiger partial charge in [0.2, 0.25) is 0 Å². The van der Waals surface area contributed by atoms with E-state index in [9.17, 15) is 22.7 Å². The van der Waals surface area contributed by atoms with Crippen LogP contribution < -0.4 is 5.90 Å². The highest BCUT2D eigenvalue weighted by molar-refractivity contribution is 7.90. The maximum Gasteiger partial charge on any atom is 0.334 e. The predicted molar refractivity (Wildman–Crippen MR) is 125 cm³/mol. The molecule has 0 amide bonds. The quantitative estimate of drug-likeness (QED) is 0.397. The summed E-state index contributed by atoms with van der Waals surface area (Å²) in [5.74, 6) is 3.57. The number of aliphatic carboxylic acids is 1. The van der Waals surface area contributed by atoms with E-state index in [2.05, 4.69) is 9.82 Å². The number of rotatable bonds is 11. The molecule has 0 aliphatic rings. The highest BCUT2D eigenvalue weighted by Gasteiger charge is 2.21. The van der Waals surface area contributed by atoms with Gasteiger partial charge in [-0.2, -0.15) is 0 Å². The summed E-state index contributed by atoms with van der Waals surface area (Å²) >= 11 is 0. The zero-order valence-electron chi connectivity index (χ0n) is 18.5. The number of halogens is 1. The van der Waals surface area contributed by atoms with Crippen LogP contribution in [-0.4, -0.2) is 41.4 Å². The third-order valence-electron chi connectivity index (χ3n) is 5.43. The minimum Gasteiger partial charge on any atom is -0.479 e. The molecule has 10 heteroatoms. The van der Waals surface area contributed by atoms with Gasteiger partial charge in [0.05, 0.1) is 17.3 Å². The van der Waals surface area contributed by atoms with Gasteiger partial charge in [-0.1, -0.05) is 30.3 Å². The lowest BCUT2D eigenvalue weighted by Crippen LogP contribution is -2.26. The summed E-state index contributed by atoms with van der Waals surface area (Å²) in [6.45, 7) is 0. The van der Waals surface area contributed by atoms with Crippen molar-refractivity contribution in [3.05, 3.63) is 90.3 Å². The molecule has 3 N–H and O–H groups in total. The van der Waals surface area contributed by atoms with Crippen LogP contribution in [0.5, 0.6) is 0 Å². The average molecular weight is 488 g/mol. The van der Waals surface area contributed by atoms with Crippen molar-refractivity contribution in [2.24, 2.45) is 5.90 Å². The Kier molecular flexibility index (Phi) is 8.32. The van der Waals surface area contributed by atoms with E-state index in [1.54, 1.807) is 55.1 Å². The monoisotopic (exact) mass is 487 g/mol. The molecule has 180 valence electrons. The Morgan fingerprint density at radius 1 is 1.21 bits per heavy atom. The van der Waals surface area contributed by atoms with E-state index in [1.807, 2.05) is 10.6 Å². The fourth-order valence-corrected chi connectivity index (χ4v) is 4.28. The van der Waals surface area contributed by atoms with Crippen LogP contribution >= 0.6 is 0 Å². The Morgan fingerprint density at radius 3 is 2.41 bits per heavy atom. The van der Waals surface area contributed by atoms with Gasteiger partial charge < -0.3 is 9.67 Å². The third-order valence-corrected chi connectivity index (χ3v) is 6.56. The highest BCUT2D eigenvalue weighted by atomic mass is 32.2. The molecular weight excluding hydrogens is 461 g/mol. The molecule has 0 radical (unpaired) electrons. The summed E-state index contributed by atoms with van der Waals surface area (Å²) in [6, 6.07) is 12.4. The Balaban J connectivity index is 1.99. The lowest BCUT2D eigenvalue weighted by molar-refractivity contribution is -0.151. The highest BCUT2D eigenvalue weighted by Crippen LogP contribution is 2.32. The number of hydrogen-bond acceptors (Lipinski definition) is 6. The molecule has 0 fully saturated rings. The van der Waals surface area contributed by atoms with Crippen LogP contribution in [-0.2, 0) is 25.9 Å². The molecule has 2 aromatic carbocycles. The van der Waals surface area contributed by atoms with Crippen LogP contribution in [0.1, 0.15) is 30.0 Å². The first-order chi connectivity index (χ1) is 16.2. The number of nitrogens with two attached hydrogens (primary N) is 1. The van der Waals surface area contributed by atoms with Crippen molar-refractivity contribution in [3.8, 4) is 0 Å². The summed E-state index contributed by atoms with van der Waals surface area (Å²) in [5.41, 5.74) is 2.47. The van der Waals surface area contributed by atoms with E-state index in [-0.39, 0.29) is 23.2 Å². The van der Waals surface area contributed by atoms with Gasteiger partial charge in [0.1, 0.15) is 5.82 Å². The van der Waals surface area contributed by atoms with Crippen LogP contribution in [0.15, 0.2) is 78.2 Å². The van der Waals surface area contributed by atoms with Crippen LogP contribution in [0.4, 0.5) is 4.39 Å². The first kappa shape index (κ1) is 25.3. The van der Waals surface area contributed by atoms with Crippen molar-refractivity contribution in [3.63, 3.8) is 0 Å². The van der Waals surface area contributed by atoms with E-state index < -0.39 is 21.9 Å². The Morgan fingerprint density at radius 2 is 1.88 bits per heavy atom. The molecule has 0 bridgehead atoms. The molecule has 0 aliphatic carbocycles. The van der Waals surface area contributed by atoms with Crippen LogP contribution in [0, 0.1) is 5.82 Å². The van der Waals surface area contributed by atoms with E-state index >= 15 is 0 Å². The van der Waals surface area contributed by atoms with Gasteiger partial charge in [-0.3, -0.25) is 4.84 Å². The van der Waals surface area contributed by atoms with Gasteiger partial charge in [-0.25, -0.2) is 28.5 Å². The normalized spacial score (nSPS) is 14.0. The Labute approximate surface area is 197 Å². The van der Waals surface area contributed by atoms with Gasteiger partial charge >= 0.3 is 5.97 Å². The molecule has 0 spiro atoms. The summed E-state index contributed by atoms with van der Waals surface area (Å²) < 4.78 is 39.1. The molecule has 1 heterocycles. The van der Waals surface area contributed by atoms with Crippen LogP contribution in [0.3, 0.4) is 0 Å². The molecule has 0 saturated heterocycles. The van der Waals surface area contributed by atoms with E-state index in [0.29, 0.717) is 12.8 Å². The summed E-state index contributed by atoms with van der Waals surface area (Å²) in [5, 5.41) is 9.20. The number of imidazole rings is 1. The molecule has 0 saturated carbocycles. The number of sulfone groups is 1. The van der Waals surface area contributed by atoms with Crippen molar-refractivity contribution in [2.45, 2.75) is 36.3 Å². The average Bonchev–Trinajstić information content (AvgIpc) is 3.33. The SMILES string of the molecule is CS(=O)(=O)c1ccc(CC(/C(=C\CCC(ON)C(=O)O)c2ccc(F)cc2)n2ccnc2)cc1. The van der Waals surface area contributed by atoms with Crippen molar-refractivity contribution in [2.75, 3.05) is 6.26 Å². The second-order valence-electron chi connectivity index (χ2n) is 7.85. The number of carbonyl (C=O) groups is 1. The lowest BCUT2D eigenvalue weighted by atomic mass is 9.91. The topological polar surface area (TPSA) is 125 Å². The molecule has 2 unspecified atom stereocenters. The molecular formula is C24H26FN3O5S. The number of aromatic nitrogens is 2. The molecule has 3 aromatic rings. The number of benzene rings is 2. The number of hydrogen-bond donors (Lipinski definition) is 2. The minimum absolute atomic E-state index is 0.149. The predicted octanol–water partition coefficient (Wildman–Crippen LogP) is 3.42. The largest absolute Gasteiger partial charge is 0.479 e. The number of carboxylic acids is 1. The molecule has 34 heavy (non-hydrogen) atoms. The zero-order valence-corrected chi connectivity index (χ0v) is 19.4. The third kappa shape index (κ3) is 6.60. The molecule has 1 aromatic heterocycles. The van der Waals surface area contributed by atoms with Gasteiger partial charge in [0.25, 0.3) is 0 Å². The van der Waals surface area contributed by atoms with Crippen molar-refractivity contribution < 1.29 is 27.5 Å². The number of allylic oxidation sites excluding steroid dienone is 2. The van der Waals surface area contributed by atoms with Gasteiger partial charge in [-0.05, 0) is 60.2 Å². The molecule has 3 rings (SSSR count). The van der Waals surface area contributed by atoms with Crippen LogP contribution in [0.25, 0.3) is 5.57 Å².